The van der Waals surface area contributed by atoms with Crippen LogP contribution in [-0.4, -0.2) is 41.0 Å². The van der Waals surface area contributed by atoms with Crippen LogP contribution in [0.1, 0.15) is 35.7 Å². The smallest absolute Gasteiger partial charge is 0.257 e. The van der Waals surface area contributed by atoms with Gasteiger partial charge in [0.15, 0.2) is 0 Å². The maximum atomic E-state index is 13.0. The van der Waals surface area contributed by atoms with Crippen molar-refractivity contribution in [3.05, 3.63) is 59.8 Å². The third kappa shape index (κ3) is 3.41. The van der Waals surface area contributed by atoms with E-state index in [0.717, 1.165) is 0 Å². The molecule has 1 amide bonds. The molecule has 3 N–H and O–H groups in total. The summed E-state index contributed by atoms with van der Waals surface area (Å²) < 4.78 is 0. The van der Waals surface area contributed by atoms with Crippen LogP contribution in [0.2, 0.25) is 0 Å². The summed E-state index contributed by atoms with van der Waals surface area (Å²) >= 11 is 0. The SMILES string of the molecule is CC(C)Nc1ncccc1C(=O)N1C[C@@H](N)[C@H](c2ccccc2)C1. The second kappa shape index (κ2) is 7.01. The number of hydrogen-bond acceptors (Lipinski definition) is 4. The van der Waals surface area contributed by atoms with Gasteiger partial charge in [0.05, 0.1) is 5.56 Å². The molecule has 1 saturated heterocycles. The van der Waals surface area contributed by atoms with Gasteiger partial charge < -0.3 is 16.0 Å². The summed E-state index contributed by atoms with van der Waals surface area (Å²) in [5.41, 5.74) is 8.10. The number of anilines is 1. The summed E-state index contributed by atoms with van der Waals surface area (Å²) in [6.45, 7) is 5.26. The van der Waals surface area contributed by atoms with Crippen molar-refractivity contribution in [1.82, 2.24) is 9.88 Å². The van der Waals surface area contributed by atoms with Gasteiger partial charge in [0.25, 0.3) is 5.91 Å². The number of likely N-dealkylation sites (tertiary alicyclic amines) is 1. The topological polar surface area (TPSA) is 71.2 Å². The molecular weight excluding hydrogens is 300 g/mol. The largest absolute Gasteiger partial charge is 0.367 e. The molecule has 0 aliphatic carbocycles. The van der Waals surface area contributed by atoms with Gasteiger partial charge in [-0.25, -0.2) is 4.98 Å². The van der Waals surface area contributed by atoms with Crippen LogP contribution in [-0.2, 0) is 0 Å². The first-order valence-corrected chi connectivity index (χ1v) is 8.37. The fourth-order valence-electron chi connectivity index (χ4n) is 3.18. The Kier molecular flexibility index (Phi) is 4.81. The number of aromatic nitrogens is 1. The van der Waals surface area contributed by atoms with Crippen LogP contribution in [0.3, 0.4) is 0 Å². The summed E-state index contributed by atoms with van der Waals surface area (Å²) in [4.78, 5) is 19.1. The van der Waals surface area contributed by atoms with Gasteiger partial charge in [0, 0.05) is 37.3 Å². The molecule has 1 aliphatic heterocycles. The van der Waals surface area contributed by atoms with Crippen LogP contribution >= 0.6 is 0 Å². The zero-order valence-electron chi connectivity index (χ0n) is 14.1. The fraction of sp³-hybridized carbons (Fsp3) is 0.368. The average Bonchev–Trinajstić information content (AvgIpc) is 2.97. The normalized spacial score (nSPS) is 20.4. The van der Waals surface area contributed by atoms with Crippen LogP contribution in [0.4, 0.5) is 5.82 Å². The minimum Gasteiger partial charge on any atom is -0.367 e. The maximum absolute atomic E-state index is 13.0. The molecule has 126 valence electrons. The van der Waals surface area contributed by atoms with Crippen LogP contribution in [0.25, 0.3) is 0 Å². The molecule has 2 atom stereocenters. The Morgan fingerprint density at radius 3 is 2.67 bits per heavy atom. The van der Waals surface area contributed by atoms with E-state index in [1.807, 2.05) is 43.0 Å². The number of amides is 1. The Balaban J connectivity index is 1.80. The molecule has 2 aromatic rings. The lowest BCUT2D eigenvalue weighted by atomic mass is 9.95. The number of rotatable bonds is 4. The van der Waals surface area contributed by atoms with E-state index in [0.29, 0.717) is 24.5 Å². The molecule has 0 spiro atoms. The highest BCUT2D eigenvalue weighted by Gasteiger charge is 2.34. The first-order chi connectivity index (χ1) is 11.6. The summed E-state index contributed by atoms with van der Waals surface area (Å²) in [6.07, 6.45) is 1.70. The van der Waals surface area contributed by atoms with Gasteiger partial charge in [-0.3, -0.25) is 4.79 Å². The summed E-state index contributed by atoms with van der Waals surface area (Å²) in [5.74, 6) is 0.794. The Morgan fingerprint density at radius 2 is 1.96 bits per heavy atom. The average molecular weight is 324 g/mol. The van der Waals surface area contributed by atoms with Crippen molar-refractivity contribution in [3.8, 4) is 0 Å². The van der Waals surface area contributed by atoms with Gasteiger partial charge in [0.2, 0.25) is 0 Å². The lowest BCUT2D eigenvalue weighted by Gasteiger charge is -2.19. The summed E-state index contributed by atoms with van der Waals surface area (Å²) in [7, 11) is 0. The summed E-state index contributed by atoms with van der Waals surface area (Å²) in [6, 6.07) is 14.0. The van der Waals surface area contributed by atoms with Crippen molar-refractivity contribution in [2.24, 2.45) is 5.73 Å². The number of hydrogen-bond donors (Lipinski definition) is 2. The molecule has 1 fully saturated rings. The molecule has 5 nitrogen and oxygen atoms in total. The molecule has 5 heteroatoms. The predicted octanol–water partition coefficient (Wildman–Crippen LogP) is 2.47. The minimum absolute atomic E-state index is 0.0138. The van der Waals surface area contributed by atoms with Crippen molar-refractivity contribution in [2.45, 2.75) is 31.8 Å². The van der Waals surface area contributed by atoms with Gasteiger partial charge in [-0.2, -0.15) is 0 Å². The molecule has 1 aliphatic rings. The Labute approximate surface area is 142 Å². The highest BCUT2D eigenvalue weighted by Crippen LogP contribution is 2.28. The number of pyridine rings is 1. The highest BCUT2D eigenvalue weighted by molar-refractivity contribution is 5.99. The minimum atomic E-state index is -0.0467. The number of nitrogens with two attached hydrogens (primary N) is 1. The molecule has 24 heavy (non-hydrogen) atoms. The van der Waals surface area contributed by atoms with Crippen LogP contribution in [0, 0.1) is 0 Å². The molecule has 3 rings (SSSR count). The highest BCUT2D eigenvalue weighted by atomic mass is 16.2. The number of carbonyl (C=O) groups excluding carboxylic acids is 1. The standard InChI is InChI=1S/C19H24N4O/c1-13(2)22-18-15(9-6-10-21-18)19(24)23-11-16(17(20)12-23)14-7-4-3-5-8-14/h3-10,13,16-17H,11-12,20H2,1-2H3,(H,21,22)/t16-,17+/m0/s1. The van der Waals surface area contributed by atoms with Crippen molar-refractivity contribution in [3.63, 3.8) is 0 Å². The van der Waals surface area contributed by atoms with Gasteiger partial charge in [-0.1, -0.05) is 30.3 Å². The monoisotopic (exact) mass is 324 g/mol. The van der Waals surface area contributed by atoms with Gasteiger partial charge in [-0.15, -0.1) is 0 Å². The molecule has 0 unspecified atom stereocenters. The number of nitrogens with zero attached hydrogens (tertiary/aromatic N) is 2. The molecule has 2 heterocycles. The van der Waals surface area contributed by atoms with Crippen molar-refractivity contribution < 1.29 is 4.79 Å². The number of carbonyl (C=O) groups is 1. The zero-order chi connectivity index (χ0) is 17.1. The second-order valence-electron chi connectivity index (χ2n) is 6.59. The first kappa shape index (κ1) is 16.5. The van der Waals surface area contributed by atoms with Gasteiger partial charge in [-0.05, 0) is 31.5 Å². The molecular formula is C19H24N4O. The van der Waals surface area contributed by atoms with E-state index >= 15 is 0 Å². The third-order valence-electron chi connectivity index (χ3n) is 4.34. The molecule has 1 aromatic heterocycles. The lowest BCUT2D eigenvalue weighted by molar-refractivity contribution is 0.0789. The third-order valence-corrected chi connectivity index (χ3v) is 4.34. The van der Waals surface area contributed by atoms with Crippen LogP contribution in [0.15, 0.2) is 48.7 Å². The van der Waals surface area contributed by atoms with Gasteiger partial charge >= 0.3 is 0 Å². The Morgan fingerprint density at radius 1 is 1.21 bits per heavy atom. The fourth-order valence-corrected chi connectivity index (χ4v) is 3.18. The quantitative estimate of drug-likeness (QED) is 0.906. The Bertz CT molecular complexity index is 702. The Hall–Kier alpha value is -2.40. The van der Waals surface area contributed by atoms with E-state index < -0.39 is 0 Å². The number of benzene rings is 1. The van der Waals surface area contributed by atoms with Crippen molar-refractivity contribution >= 4 is 11.7 Å². The van der Waals surface area contributed by atoms with E-state index in [2.05, 4.69) is 22.4 Å². The summed E-state index contributed by atoms with van der Waals surface area (Å²) in [5, 5.41) is 3.24. The van der Waals surface area contributed by atoms with Gasteiger partial charge in [0.1, 0.15) is 5.82 Å². The molecule has 0 saturated carbocycles. The van der Waals surface area contributed by atoms with Crippen molar-refractivity contribution in [1.29, 1.82) is 0 Å². The van der Waals surface area contributed by atoms with Crippen molar-refractivity contribution in [2.75, 3.05) is 18.4 Å². The van der Waals surface area contributed by atoms with Crippen LogP contribution < -0.4 is 11.1 Å². The molecule has 0 bridgehead atoms. The van der Waals surface area contributed by atoms with E-state index in [9.17, 15) is 4.79 Å². The van der Waals surface area contributed by atoms with Crippen LogP contribution in [0.5, 0.6) is 0 Å². The second-order valence-corrected chi connectivity index (χ2v) is 6.59. The van der Waals surface area contributed by atoms with E-state index in [4.69, 9.17) is 5.73 Å². The predicted molar refractivity (Wildman–Crippen MR) is 96.1 cm³/mol. The lowest BCUT2D eigenvalue weighted by Crippen LogP contribution is -2.33. The van der Waals surface area contributed by atoms with E-state index in [-0.39, 0.29) is 23.9 Å². The molecule has 0 radical (unpaired) electrons. The number of nitrogens with one attached hydrogen (secondary N) is 1. The first-order valence-electron chi connectivity index (χ1n) is 8.37. The maximum Gasteiger partial charge on any atom is 0.257 e. The van der Waals surface area contributed by atoms with E-state index in [1.54, 1.807) is 12.3 Å². The molecule has 1 aromatic carbocycles. The zero-order valence-corrected chi connectivity index (χ0v) is 14.1. The van der Waals surface area contributed by atoms with E-state index in [1.165, 1.54) is 5.56 Å².